The number of carbonyl (C=O) groups excluding carboxylic acids is 2. The van der Waals surface area contributed by atoms with Gasteiger partial charge in [-0.25, -0.2) is 0 Å². The van der Waals surface area contributed by atoms with Gasteiger partial charge in [-0.15, -0.1) is 0 Å². The summed E-state index contributed by atoms with van der Waals surface area (Å²) < 4.78 is 1.90. The van der Waals surface area contributed by atoms with Gasteiger partial charge in [0.1, 0.15) is 0 Å². The van der Waals surface area contributed by atoms with E-state index < -0.39 is 6.04 Å². The van der Waals surface area contributed by atoms with Crippen molar-refractivity contribution >= 4 is 29.0 Å². The number of rotatable bonds is 6. The third-order valence-electron chi connectivity index (χ3n) is 4.71. The standard InChI is InChI=1S/C22H23ClN4O2/c1-13-10-19(11-17-8-9-18(12-25-17)26-22(29)14(2)24)27(3)20(13)21(28)15-4-6-16(23)7-5-15/h4-10,12,14H,11,24H2,1-3H3,(H,26,29)/t14-/m1/s1. The zero-order valence-electron chi connectivity index (χ0n) is 16.6. The first-order valence-corrected chi connectivity index (χ1v) is 9.61. The van der Waals surface area contributed by atoms with Crippen molar-refractivity contribution in [1.29, 1.82) is 0 Å². The van der Waals surface area contributed by atoms with E-state index in [1.165, 1.54) is 0 Å². The molecule has 0 aliphatic carbocycles. The normalized spacial score (nSPS) is 11.9. The summed E-state index contributed by atoms with van der Waals surface area (Å²) in [6.45, 7) is 3.55. The lowest BCUT2D eigenvalue weighted by molar-refractivity contribution is -0.117. The summed E-state index contributed by atoms with van der Waals surface area (Å²) in [5.41, 5.74) is 10.1. The Morgan fingerprint density at radius 2 is 1.90 bits per heavy atom. The fourth-order valence-corrected chi connectivity index (χ4v) is 3.23. The average molecular weight is 411 g/mol. The fourth-order valence-electron chi connectivity index (χ4n) is 3.11. The highest BCUT2D eigenvalue weighted by Crippen LogP contribution is 2.21. The van der Waals surface area contributed by atoms with Crippen molar-refractivity contribution in [3.8, 4) is 0 Å². The number of ketones is 1. The van der Waals surface area contributed by atoms with Crippen molar-refractivity contribution in [3.05, 3.63) is 81.9 Å². The summed E-state index contributed by atoms with van der Waals surface area (Å²) >= 11 is 5.92. The van der Waals surface area contributed by atoms with Gasteiger partial charge in [-0.05, 0) is 61.9 Å². The lowest BCUT2D eigenvalue weighted by atomic mass is 10.1. The number of nitrogens with one attached hydrogen (secondary N) is 1. The molecule has 0 saturated heterocycles. The number of nitrogens with zero attached hydrogens (tertiary/aromatic N) is 2. The Morgan fingerprint density at radius 1 is 1.21 bits per heavy atom. The molecule has 0 spiro atoms. The van der Waals surface area contributed by atoms with E-state index in [1.807, 2.05) is 30.7 Å². The first kappa shape index (κ1) is 20.8. The molecule has 0 aliphatic heterocycles. The zero-order chi connectivity index (χ0) is 21.1. The Balaban J connectivity index is 1.79. The number of aryl methyl sites for hydroxylation is 1. The summed E-state index contributed by atoms with van der Waals surface area (Å²) in [6, 6.07) is 11.9. The second-order valence-electron chi connectivity index (χ2n) is 7.06. The van der Waals surface area contributed by atoms with Crippen LogP contribution in [0, 0.1) is 6.92 Å². The lowest BCUT2D eigenvalue weighted by Gasteiger charge is -2.10. The number of nitrogens with two attached hydrogens (primary N) is 1. The van der Waals surface area contributed by atoms with Crippen LogP contribution in [0.15, 0.2) is 48.7 Å². The molecule has 0 aliphatic rings. The van der Waals surface area contributed by atoms with Crippen LogP contribution in [-0.4, -0.2) is 27.3 Å². The fraction of sp³-hybridized carbons (Fsp3) is 0.227. The largest absolute Gasteiger partial charge is 0.344 e. The van der Waals surface area contributed by atoms with E-state index in [-0.39, 0.29) is 11.7 Å². The minimum absolute atomic E-state index is 0.0464. The van der Waals surface area contributed by atoms with Gasteiger partial charge in [0, 0.05) is 35.4 Å². The van der Waals surface area contributed by atoms with Crippen LogP contribution in [0.1, 0.15) is 39.9 Å². The number of benzene rings is 1. The Labute approximate surface area is 174 Å². The van der Waals surface area contributed by atoms with Gasteiger partial charge in [-0.2, -0.15) is 0 Å². The Bertz CT molecular complexity index is 1040. The van der Waals surface area contributed by atoms with Crippen LogP contribution in [-0.2, 0) is 18.3 Å². The van der Waals surface area contributed by atoms with Gasteiger partial charge >= 0.3 is 0 Å². The molecule has 3 N–H and O–H groups in total. The number of aromatic nitrogens is 2. The van der Waals surface area contributed by atoms with Gasteiger partial charge in [0.25, 0.3) is 0 Å². The second-order valence-corrected chi connectivity index (χ2v) is 7.49. The molecule has 1 atom stereocenters. The van der Waals surface area contributed by atoms with E-state index in [0.717, 1.165) is 17.0 Å². The summed E-state index contributed by atoms with van der Waals surface area (Å²) in [6.07, 6.45) is 2.16. The predicted molar refractivity (Wildman–Crippen MR) is 114 cm³/mol. The topological polar surface area (TPSA) is 90.0 Å². The van der Waals surface area contributed by atoms with Crippen LogP contribution >= 0.6 is 11.6 Å². The molecule has 0 unspecified atom stereocenters. The number of carbonyl (C=O) groups is 2. The quantitative estimate of drug-likeness (QED) is 0.608. The Morgan fingerprint density at radius 3 is 2.48 bits per heavy atom. The van der Waals surface area contributed by atoms with Crippen molar-refractivity contribution < 1.29 is 9.59 Å². The van der Waals surface area contributed by atoms with E-state index in [9.17, 15) is 9.59 Å². The van der Waals surface area contributed by atoms with Crippen molar-refractivity contribution in [1.82, 2.24) is 9.55 Å². The van der Waals surface area contributed by atoms with E-state index in [2.05, 4.69) is 10.3 Å². The molecule has 150 valence electrons. The minimum atomic E-state index is -0.586. The van der Waals surface area contributed by atoms with E-state index in [1.54, 1.807) is 43.5 Å². The van der Waals surface area contributed by atoms with Crippen molar-refractivity contribution in [2.24, 2.45) is 12.8 Å². The maximum absolute atomic E-state index is 12.9. The minimum Gasteiger partial charge on any atom is -0.344 e. The molecule has 0 radical (unpaired) electrons. The molecule has 7 heteroatoms. The number of hydrogen-bond donors (Lipinski definition) is 2. The molecule has 0 bridgehead atoms. The first-order chi connectivity index (χ1) is 13.8. The van der Waals surface area contributed by atoms with Crippen LogP contribution in [0.5, 0.6) is 0 Å². The average Bonchev–Trinajstić information content (AvgIpc) is 2.96. The molecule has 3 aromatic rings. The number of amides is 1. The Kier molecular flexibility index (Phi) is 6.15. The molecule has 1 aromatic carbocycles. The van der Waals surface area contributed by atoms with Crippen LogP contribution in [0.25, 0.3) is 0 Å². The number of halogens is 1. The molecule has 1 amide bonds. The third kappa shape index (κ3) is 4.72. The number of pyridine rings is 1. The zero-order valence-corrected chi connectivity index (χ0v) is 17.3. The molecule has 2 aromatic heterocycles. The summed E-state index contributed by atoms with van der Waals surface area (Å²) in [7, 11) is 1.88. The third-order valence-corrected chi connectivity index (χ3v) is 4.96. The highest BCUT2D eigenvalue weighted by molar-refractivity contribution is 6.30. The summed E-state index contributed by atoms with van der Waals surface area (Å²) in [5, 5.41) is 3.30. The summed E-state index contributed by atoms with van der Waals surface area (Å²) in [4.78, 5) is 29.0. The number of anilines is 1. The van der Waals surface area contributed by atoms with Crippen LogP contribution in [0.2, 0.25) is 5.02 Å². The Hall–Kier alpha value is -2.96. The van der Waals surface area contributed by atoms with Crippen molar-refractivity contribution in [2.45, 2.75) is 26.3 Å². The summed E-state index contributed by atoms with van der Waals surface area (Å²) in [5.74, 6) is -0.308. The second kappa shape index (κ2) is 8.59. The first-order valence-electron chi connectivity index (χ1n) is 9.23. The predicted octanol–water partition coefficient (Wildman–Crippen LogP) is 3.49. The van der Waals surface area contributed by atoms with Gasteiger partial charge in [0.2, 0.25) is 11.7 Å². The highest BCUT2D eigenvalue weighted by Gasteiger charge is 2.19. The van der Waals surface area contributed by atoms with E-state index in [0.29, 0.717) is 28.4 Å². The molecule has 6 nitrogen and oxygen atoms in total. The molecule has 3 rings (SSSR count). The van der Waals surface area contributed by atoms with Crippen LogP contribution in [0.4, 0.5) is 5.69 Å². The monoisotopic (exact) mass is 410 g/mol. The molecule has 29 heavy (non-hydrogen) atoms. The number of hydrogen-bond acceptors (Lipinski definition) is 4. The van der Waals surface area contributed by atoms with Gasteiger partial charge in [0.15, 0.2) is 0 Å². The molecule has 2 heterocycles. The maximum Gasteiger partial charge on any atom is 0.241 e. The molecular formula is C22H23ClN4O2. The maximum atomic E-state index is 12.9. The van der Waals surface area contributed by atoms with Crippen LogP contribution < -0.4 is 11.1 Å². The van der Waals surface area contributed by atoms with Gasteiger partial charge in [0.05, 0.1) is 23.6 Å². The van der Waals surface area contributed by atoms with Gasteiger partial charge in [-0.3, -0.25) is 14.6 Å². The van der Waals surface area contributed by atoms with Gasteiger partial charge < -0.3 is 15.6 Å². The smallest absolute Gasteiger partial charge is 0.241 e. The SMILES string of the molecule is Cc1cc(Cc2ccc(NC(=O)[C@@H](C)N)cn2)n(C)c1C(=O)c1ccc(Cl)cc1. The van der Waals surface area contributed by atoms with E-state index >= 15 is 0 Å². The molecular weight excluding hydrogens is 388 g/mol. The lowest BCUT2D eigenvalue weighted by Crippen LogP contribution is -2.32. The highest BCUT2D eigenvalue weighted by atomic mass is 35.5. The van der Waals surface area contributed by atoms with E-state index in [4.69, 9.17) is 17.3 Å². The molecule has 0 saturated carbocycles. The molecule has 0 fully saturated rings. The van der Waals surface area contributed by atoms with Crippen molar-refractivity contribution in [2.75, 3.05) is 5.32 Å². The van der Waals surface area contributed by atoms with Crippen molar-refractivity contribution in [3.63, 3.8) is 0 Å². The van der Waals surface area contributed by atoms with Gasteiger partial charge in [-0.1, -0.05) is 11.6 Å². The van der Waals surface area contributed by atoms with Crippen LogP contribution in [0.3, 0.4) is 0 Å².